The summed E-state index contributed by atoms with van der Waals surface area (Å²) < 4.78 is 0. The zero-order valence-corrected chi connectivity index (χ0v) is 14.9. The number of likely N-dealkylation sites (N-methyl/N-ethyl adjacent to an activating group) is 1. The van der Waals surface area contributed by atoms with Crippen LogP contribution in [-0.4, -0.2) is 41.1 Å². The van der Waals surface area contributed by atoms with Gasteiger partial charge >= 0.3 is 0 Å². The normalized spacial score (nSPS) is 13.1. The van der Waals surface area contributed by atoms with Gasteiger partial charge in [-0.05, 0) is 23.1 Å². The first-order valence-corrected chi connectivity index (χ1v) is 8.72. The Morgan fingerprint density at radius 2 is 1.44 bits per heavy atom. The van der Waals surface area contributed by atoms with E-state index in [2.05, 4.69) is 0 Å². The van der Waals surface area contributed by atoms with E-state index < -0.39 is 11.8 Å². The van der Waals surface area contributed by atoms with Crippen LogP contribution in [0.15, 0.2) is 66.7 Å². The lowest BCUT2D eigenvalue weighted by molar-refractivity contribution is -0.130. The number of imide groups is 1. The molecule has 3 aromatic carbocycles. The number of nitrogens with zero attached hydrogens (tertiary/aromatic N) is 2. The number of hydrogen-bond donors (Lipinski definition) is 0. The number of rotatable bonds is 4. The second-order valence-corrected chi connectivity index (χ2v) is 6.64. The molecule has 134 valence electrons. The fourth-order valence-corrected chi connectivity index (χ4v) is 3.43. The highest BCUT2D eigenvalue weighted by molar-refractivity contribution is 6.26. The lowest BCUT2D eigenvalue weighted by atomic mass is 9.94. The van der Waals surface area contributed by atoms with Crippen molar-refractivity contribution in [3.8, 4) is 0 Å². The lowest BCUT2D eigenvalue weighted by Gasteiger charge is -2.28. The van der Waals surface area contributed by atoms with E-state index in [1.165, 1.54) is 4.90 Å². The Morgan fingerprint density at radius 1 is 0.852 bits per heavy atom. The molecule has 0 saturated heterocycles. The van der Waals surface area contributed by atoms with Crippen LogP contribution in [0.3, 0.4) is 0 Å². The van der Waals surface area contributed by atoms with Crippen molar-refractivity contribution in [3.05, 3.63) is 83.4 Å². The highest BCUT2D eigenvalue weighted by atomic mass is 16.2. The van der Waals surface area contributed by atoms with E-state index in [-0.39, 0.29) is 12.5 Å². The SMILES string of the molecule is CN(Cc1ccccc1)C(=O)CN1C(=O)c2cccc3cccc(c23)C1=O. The number of amides is 3. The zero-order chi connectivity index (χ0) is 19.0. The van der Waals surface area contributed by atoms with Gasteiger partial charge in [0.2, 0.25) is 5.91 Å². The molecule has 4 rings (SSSR count). The number of hydrogen-bond acceptors (Lipinski definition) is 3. The molecule has 0 saturated carbocycles. The average molecular weight is 358 g/mol. The minimum atomic E-state index is -0.425. The molecule has 1 aliphatic heterocycles. The third-order valence-corrected chi connectivity index (χ3v) is 4.84. The van der Waals surface area contributed by atoms with E-state index in [1.807, 2.05) is 42.5 Å². The highest BCUT2D eigenvalue weighted by Crippen LogP contribution is 2.29. The van der Waals surface area contributed by atoms with Gasteiger partial charge in [-0.1, -0.05) is 54.6 Å². The summed E-state index contributed by atoms with van der Waals surface area (Å²) in [6, 6.07) is 20.3. The van der Waals surface area contributed by atoms with E-state index in [4.69, 9.17) is 0 Å². The molecule has 27 heavy (non-hydrogen) atoms. The Hall–Kier alpha value is -3.47. The summed E-state index contributed by atoms with van der Waals surface area (Å²) in [5.41, 5.74) is 1.90. The lowest BCUT2D eigenvalue weighted by Crippen LogP contribution is -2.46. The van der Waals surface area contributed by atoms with Crippen LogP contribution in [-0.2, 0) is 11.3 Å². The third kappa shape index (κ3) is 2.97. The summed E-state index contributed by atoms with van der Waals surface area (Å²) in [6.45, 7) is 0.147. The van der Waals surface area contributed by atoms with Crippen molar-refractivity contribution in [2.75, 3.05) is 13.6 Å². The van der Waals surface area contributed by atoms with Gasteiger partial charge in [0.25, 0.3) is 11.8 Å². The maximum absolute atomic E-state index is 12.9. The van der Waals surface area contributed by atoms with Crippen LogP contribution >= 0.6 is 0 Å². The molecule has 0 spiro atoms. The first kappa shape index (κ1) is 17.0. The van der Waals surface area contributed by atoms with Crippen LogP contribution in [0.25, 0.3) is 10.8 Å². The van der Waals surface area contributed by atoms with Crippen molar-refractivity contribution in [1.82, 2.24) is 9.80 Å². The Kier molecular flexibility index (Phi) is 4.20. The van der Waals surface area contributed by atoms with Gasteiger partial charge in [-0.15, -0.1) is 0 Å². The van der Waals surface area contributed by atoms with E-state index in [0.29, 0.717) is 23.1 Å². The largest absolute Gasteiger partial charge is 0.340 e. The third-order valence-electron chi connectivity index (χ3n) is 4.84. The van der Waals surface area contributed by atoms with E-state index in [1.54, 1.807) is 31.3 Å². The topological polar surface area (TPSA) is 57.7 Å². The molecule has 5 heteroatoms. The van der Waals surface area contributed by atoms with Crippen LogP contribution in [0, 0.1) is 0 Å². The van der Waals surface area contributed by atoms with Crippen molar-refractivity contribution in [1.29, 1.82) is 0 Å². The minimum absolute atomic E-state index is 0.272. The zero-order valence-electron chi connectivity index (χ0n) is 14.9. The van der Waals surface area contributed by atoms with Crippen LogP contribution in [0.2, 0.25) is 0 Å². The van der Waals surface area contributed by atoms with Gasteiger partial charge in [0.15, 0.2) is 0 Å². The summed E-state index contributed by atoms with van der Waals surface area (Å²) in [7, 11) is 1.67. The molecule has 1 heterocycles. The Balaban J connectivity index is 1.59. The summed E-state index contributed by atoms with van der Waals surface area (Å²) in [4.78, 5) is 40.9. The minimum Gasteiger partial charge on any atom is -0.340 e. The van der Waals surface area contributed by atoms with Gasteiger partial charge < -0.3 is 4.90 Å². The van der Waals surface area contributed by atoms with Crippen molar-refractivity contribution in [3.63, 3.8) is 0 Å². The van der Waals surface area contributed by atoms with Crippen molar-refractivity contribution < 1.29 is 14.4 Å². The molecule has 0 aromatic heterocycles. The number of carbonyl (C=O) groups is 3. The molecule has 5 nitrogen and oxygen atoms in total. The number of benzene rings is 3. The first-order chi connectivity index (χ1) is 13.1. The van der Waals surface area contributed by atoms with Gasteiger partial charge in [-0.25, -0.2) is 0 Å². The predicted octanol–water partition coefficient (Wildman–Crippen LogP) is 3.09. The van der Waals surface area contributed by atoms with Crippen molar-refractivity contribution >= 4 is 28.5 Å². The molecular weight excluding hydrogens is 340 g/mol. The van der Waals surface area contributed by atoms with Crippen LogP contribution < -0.4 is 0 Å². The smallest absolute Gasteiger partial charge is 0.261 e. The van der Waals surface area contributed by atoms with Gasteiger partial charge in [-0.2, -0.15) is 0 Å². The molecule has 1 aliphatic rings. The molecule has 0 bridgehead atoms. The maximum atomic E-state index is 12.9. The molecule has 0 fully saturated rings. The fourth-order valence-electron chi connectivity index (χ4n) is 3.43. The Bertz CT molecular complexity index is 1010. The predicted molar refractivity (Wildman–Crippen MR) is 102 cm³/mol. The summed E-state index contributed by atoms with van der Waals surface area (Å²) in [5, 5.41) is 1.51. The first-order valence-electron chi connectivity index (χ1n) is 8.72. The standard InChI is InChI=1S/C22H18N2O3/c1-23(13-15-7-3-2-4-8-15)19(25)14-24-21(26)17-11-5-9-16-10-6-12-18(20(16)17)22(24)27/h2-12H,13-14H2,1H3. The van der Waals surface area contributed by atoms with E-state index in [0.717, 1.165) is 15.8 Å². The highest BCUT2D eigenvalue weighted by Gasteiger charge is 2.34. The molecule has 0 radical (unpaired) electrons. The second kappa shape index (κ2) is 6.68. The van der Waals surface area contributed by atoms with E-state index >= 15 is 0 Å². The molecule has 0 aliphatic carbocycles. The van der Waals surface area contributed by atoms with Gasteiger partial charge in [-0.3, -0.25) is 19.3 Å². The molecule has 0 N–H and O–H groups in total. The molecule has 0 unspecified atom stereocenters. The Labute approximate surface area is 156 Å². The molecule has 0 atom stereocenters. The van der Waals surface area contributed by atoms with Crippen molar-refractivity contribution in [2.45, 2.75) is 6.54 Å². The summed E-state index contributed by atoms with van der Waals surface area (Å²) in [6.07, 6.45) is 0. The Morgan fingerprint density at radius 3 is 2.04 bits per heavy atom. The van der Waals surface area contributed by atoms with Gasteiger partial charge in [0.1, 0.15) is 6.54 Å². The molecule has 3 amide bonds. The monoisotopic (exact) mass is 358 g/mol. The fraction of sp³-hybridized carbons (Fsp3) is 0.136. The maximum Gasteiger partial charge on any atom is 0.261 e. The van der Waals surface area contributed by atoms with Crippen LogP contribution in [0.5, 0.6) is 0 Å². The summed E-state index contributed by atoms with van der Waals surface area (Å²) in [5.74, 6) is -1.14. The average Bonchev–Trinajstić information content (AvgIpc) is 2.69. The second-order valence-electron chi connectivity index (χ2n) is 6.64. The van der Waals surface area contributed by atoms with Crippen LogP contribution in [0.1, 0.15) is 26.3 Å². The van der Waals surface area contributed by atoms with Gasteiger partial charge in [0, 0.05) is 30.1 Å². The van der Waals surface area contributed by atoms with Gasteiger partial charge in [0.05, 0.1) is 0 Å². The molecular formula is C22H18N2O3. The van der Waals surface area contributed by atoms with Crippen molar-refractivity contribution in [2.24, 2.45) is 0 Å². The van der Waals surface area contributed by atoms with E-state index in [9.17, 15) is 14.4 Å². The quantitative estimate of drug-likeness (QED) is 0.674. The molecule has 3 aromatic rings. The number of carbonyl (C=O) groups excluding carboxylic acids is 3. The summed E-state index contributed by atoms with van der Waals surface area (Å²) >= 11 is 0. The van der Waals surface area contributed by atoms with Crippen LogP contribution in [0.4, 0.5) is 0 Å².